The van der Waals surface area contributed by atoms with E-state index in [-0.39, 0.29) is 11.9 Å². The average Bonchev–Trinajstić information content (AvgIpc) is 2.12. The minimum atomic E-state index is -0.491. The van der Waals surface area contributed by atoms with Crippen LogP contribution in [-0.4, -0.2) is 23.8 Å². The topological polar surface area (TPSA) is 46.5 Å². The van der Waals surface area contributed by atoms with Crippen LogP contribution in [0.5, 0.6) is 0 Å². The van der Waals surface area contributed by atoms with E-state index in [1.807, 2.05) is 0 Å². The summed E-state index contributed by atoms with van der Waals surface area (Å²) in [5, 5.41) is 9.77. The molecule has 3 nitrogen and oxygen atoms in total. The molecule has 1 fully saturated rings. The van der Waals surface area contributed by atoms with Crippen LogP contribution in [0.3, 0.4) is 0 Å². The summed E-state index contributed by atoms with van der Waals surface area (Å²) in [5.74, 6) is -0.503. The lowest BCUT2D eigenvalue weighted by atomic mass is 9.89. The van der Waals surface area contributed by atoms with Gasteiger partial charge in [-0.3, -0.25) is 4.79 Å². The highest BCUT2D eigenvalue weighted by Crippen LogP contribution is 2.23. The lowest BCUT2D eigenvalue weighted by Gasteiger charge is -2.23. The lowest BCUT2D eigenvalue weighted by molar-refractivity contribution is -0.152. The number of hydrogen-bond acceptors (Lipinski definition) is 3. The maximum Gasteiger partial charge on any atom is 0.311 e. The van der Waals surface area contributed by atoms with Crippen LogP contribution in [0.4, 0.5) is 0 Å². The smallest absolute Gasteiger partial charge is 0.311 e. The van der Waals surface area contributed by atoms with Crippen LogP contribution in [0.15, 0.2) is 0 Å². The monoisotopic (exact) mass is 200 g/mol. The SMILES string of the molecule is CCOC(=O)C1CCCCCCC1O. The summed E-state index contributed by atoms with van der Waals surface area (Å²) in [4.78, 5) is 11.5. The number of hydrogen-bond donors (Lipinski definition) is 1. The van der Waals surface area contributed by atoms with Gasteiger partial charge in [-0.2, -0.15) is 0 Å². The van der Waals surface area contributed by atoms with Crippen LogP contribution in [0.1, 0.15) is 45.4 Å². The Balaban J connectivity index is 2.48. The van der Waals surface area contributed by atoms with Gasteiger partial charge in [0.05, 0.1) is 18.6 Å². The molecule has 0 saturated heterocycles. The number of aliphatic hydroxyl groups excluding tert-OH is 1. The van der Waals surface area contributed by atoms with Crippen molar-refractivity contribution in [2.24, 2.45) is 5.92 Å². The van der Waals surface area contributed by atoms with Crippen molar-refractivity contribution in [3.63, 3.8) is 0 Å². The Morgan fingerprint density at radius 2 is 1.93 bits per heavy atom. The van der Waals surface area contributed by atoms with E-state index in [4.69, 9.17) is 4.74 Å². The molecule has 1 saturated carbocycles. The maximum atomic E-state index is 11.5. The minimum Gasteiger partial charge on any atom is -0.466 e. The predicted octanol–water partition coefficient (Wildman–Crippen LogP) is 1.88. The predicted molar refractivity (Wildman–Crippen MR) is 53.8 cm³/mol. The molecule has 1 aliphatic carbocycles. The first-order valence-electron chi connectivity index (χ1n) is 5.60. The van der Waals surface area contributed by atoms with Gasteiger partial charge in [0.25, 0.3) is 0 Å². The quantitative estimate of drug-likeness (QED) is 0.692. The summed E-state index contributed by atoms with van der Waals surface area (Å²) in [5.41, 5.74) is 0. The summed E-state index contributed by atoms with van der Waals surface area (Å²) >= 11 is 0. The molecule has 0 amide bonds. The Hall–Kier alpha value is -0.570. The molecule has 14 heavy (non-hydrogen) atoms. The van der Waals surface area contributed by atoms with Crippen molar-refractivity contribution < 1.29 is 14.6 Å². The fourth-order valence-electron chi connectivity index (χ4n) is 1.99. The molecule has 82 valence electrons. The van der Waals surface area contributed by atoms with E-state index in [9.17, 15) is 9.90 Å². The van der Waals surface area contributed by atoms with E-state index in [1.165, 1.54) is 12.8 Å². The highest BCUT2D eigenvalue weighted by Gasteiger charge is 2.28. The van der Waals surface area contributed by atoms with Crippen molar-refractivity contribution in [3.8, 4) is 0 Å². The largest absolute Gasteiger partial charge is 0.466 e. The van der Waals surface area contributed by atoms with Gasteiger partial charge < -0.3 is 9.84 Å². The van der Waals surface area contributed by atoms with Crippen LogP contribution in [-0.2, 0) is 9.53 Å². The molecule has 0 aromatic carbocycles. The first-order chi connectivity index (χ1) is 6.75. The normalized spacial score (nSPS) is 29.0. The summed E-state index contributed by atoms with van der Waals surface area (Å²) in [6.45, 7) is 2.20. The van der Waals surface area contributed by atoms with Gasteiger partial charge in [-0.25, -0.2) is 0 Å². The minimum absolute atomic E-state index is 0.220. The molecule has 0 aromatic rings. The molecule has 1 rings (SSSR count). The number of carbonyl (C=O) groups excluding carboxylic acids is 1. The Kier molecular flexibility index (Phi) is 4.94. The van der Waals surface area contributed by atoms with Crippen molar-refractivity contribution >= 4 is 5.97 Å². The Morgan fingerprint density at radius 3 is 2.57 bits per heavy atom. The molecule has 0 spiro atoms. The highest BCUT2D eigenvalue weighted by atomic mass is 16.5. The van der Waals surface area contributed by atoms with Crippen molar-refractivity contribution in [1.82, 2.24) is 0 Å². The van der Waals surface area contributed by atoms with E-state index in [1.54, 1.807) is 6.92 Å². The van der Waals surface area contributed by atoms with Gasteiger partial charge in [0.2, 0.25) is 0 Å². The van der Waals surface area contributed by atoms with Crippen LogP contribution >= 0.6 is 0 Å². The standard InChI is InChI=1S/C11H20O3/c1-2-14-11(13)9-7-5-3-4-6-8-10(9)12/h9-10,12H,2-8H2,1H3. The van der Waals surface area contributed by atoms with E-state index >= 15 is 0 Å². The van der Waals surface area contributed by atoms with Crippen molar-refractivity contribution in [2.75, 3.05) is 6.61 Å². The van der Waals surface area contributed by atoms with Gasteiger partial charge in [-0.1, -0.05) is 25.7 Å². The second kappa shape index (κ2) is 6.02. The average molecular weight is 200 g/mol. The van der Waals surface area contributed by atoms with Crippen molar-refractivity contribution in [1.29, 1.82) is 0 Å². The molecule has 3 heteroatoms. The van der Waals surface area contributed by atoms with Crippen LogP contribution in [0.25, 0.3) is 0 Å². The third-order valence-electron chi connectivity index (χ3n) is 2.82. The number of ether oxygens (including phenoxy) is 1. The fraction of sp³-hybridized carbons (Fsp3) is 0.909. The summed E-state index contributed by atoms with van der Waals surface area (Å²) < 4.78 is 4.95. The van der Waals surface area contributed by atoms with E-state index in [0.29, 0.717) is 6.61 Å². The summed E-state index contributed by atoms with van der Waals surface area (Å²) in [6, 6.07) is 0. The highest BCUT2D eigenvalue weighted by molar-refractivity contribution is 5.73. The Bertz CT molecular complexity index is 179. The molecule has 0 radical (unpaired) electrons. The van der Waals surface area contributed by atoms with Crippen molar-refractivity contribution in [2.45, 2.75) is 51.6 Å². The molecule has 1 N–H and O–H groups in total. The van der Waals surface area contributed by atoms with Crippen LogP contribution in [0, 0.1) is 5.92 Å². The molecule has 0 aliphatic heterocycles. The zero-order valence-electron chi connectivity index (χ0n) is 8.87. The van der Waals surface area contributed by atoms with Gasteiger partial charge in [0, 0.05) is 0 Å². The third kappa shape index (κ3) is 3.29. The zero-order chi connectivity index (χ0) is 10.4. The summed E-state index contributed by atoms with van der Waals surface area (Å²) in [6.07, 6.45) is 5.42. The Morgan fingerprint density at radius 1 is 1.29 bits per heavy atom. The molecular weight excluding hydrogens is 180 g/mol. The number of esters is 1. The molecule has 2 unspecified atom stereocenters. The summed E-state index contributed by atoms with van der Waals surface area (Å²) in [7, 11) is 0. The second-order valence-electron chi connectivity index (χ2n) is 3.92. The molecule has 0 aromatic heterocycles. The first kappa shape index (κ1) is 11.5. The molecular formula is C11H20O3. The fourth-order valence-corrected chi connectivity index (χ4v) is 1.99. The number of rotatable bonds is 2. The Labute approximate surface area is 85.5 Å². The van der Waals surface area contributed by atoms with E-state index < -0.39 is 6.10 Å². The van der Waals surface area contributed by atoms with Gasteiger partial charge in [0.1, 0.15) is 0 Å². The van der Waals surface area contributed by atoms with Gasteiger partial charge >= 0.3 is 5.97 Å². The number of aliphatic hydroxyl groups is 1. The van der Waals surface area contributed by atoms with Gasteiger partial charge in [-0.15, -0.1) is 0 Å². The van der Waals surface area contributed by atoms with Gasteiger partial charge in [0.15, 0.2) is 0 Å². The third-order valence-corrected chi connectivity index (χ3v) is 2.82. The second-order valence-corrected chi connectivity index (χ2v) is 3.92. The van der Waals surface area contributed by atoms with Gasteiger partial charge in [-0.05, 0) is 19.8 Å². The number of carbonyl (C=O) groups is 1. The maximum absolute atomic E-state index is 11.5. The first-order valence-corrected chi connectivity index (χ1v) is 5.60. The van der Waals surface area contributed by atoms with E-state index in [2.05, 4.69) is 0 Å². The van der Waals surface area contributed by atoms with Crippen molar-refractivity contribution in [3.05, 3.63) is 0 Å². The van der Waals surface area contributed by atoms with E-state index in [0.717, 1.165) is 25.7 Å². The van der Waals surface area contributed by atoms with Crippen LogP contribution < -0.4 is 0 Å². The molecule has 2 atom stereocenters. The lowest BCUT2D eigenvalue weighted by Crippen LogP contribution is -2.30. The zero-order valence-corrected chi connectivity index (χ0v) is 8.87. The van der Waals surface area contributed by atoms with Crippen LogP contribution in [0.2, 0.25) is 0 Å². The molecule has 0 heterocycles. The molecule has 1 aliphatic rings. The molecule has 0 bridgehead atoms.